The number of rotatable bonds is 3. The molecule has 1 aliphatic heterocycles. The average Bonchev–Trinajstić information content (AvgIpc) is 2.98. The Labute approximate surface area is 116 Å². The normalized spacial score (nSPS) is 18.9. The smallest absolute Gasteiger partial charge is 0.269 e. The first-order valence-electron chi connectivity index (χ1n) is 6.82. The predicted octanol–water partition coefficient (Wildman–Crippen LogP) is 3.67. The van der Waals surface area contributed by atoms with Crippen LogP contribution in [0.1, 0.15) is 31.1 Å². The monoisotopic (exact) mass is 272 g/mol. The fourth-order valence-electron chi connectivity index (χ4n) is 2.54. The summed E-state index contributed by atoms with van der Waals surface area (Å²) in [7, 11) is 0. The summed E-state index contributed by atoms with van der Waals surface area (Å²) in [6, 6.07) is 10.6. The quantitative estimate of drug-likeness (QED) is 0.683. The Morgan fingerprint density at radius 3 is 2.60 bits per heavy atom. The molecule has 1 fully saturated rings. The summed E-state index contributed by atoms with van der Waals surface area (Å²) in [6.45, 7) is 1.03. The van der Waals surface area contributed by atoms with E-state index in [0.717, 1.165) is 30.0 Å². The summed E-state index contributed by atoms with van der Waals surface area (Å²) in [5, 5.41) is 14.1. The summed E-state index contributed by atoms with van der Waals surface area (Å²) >= 11 is 0. The van der Waals surface area contributed by atoms with E-state index in [4.69, 9.17) is 4.42 Å². The van der Waals surface area contributed by atoms with E-state index in [9.17, 15) is 10.1 Å². The molecular formula is C15H16N2O3. The molecule has 0 bridgehead atoms. The highest BCUT2D eigenvalue weighted by molar-refractivity contribution is 5.59. The molecule has 1 aliphatic rings. The van der Waals surface area contributed by atoms with Crippen molar-refractivity contribution in [3.63, 3.8) is 0 Å². The van der Waals surface area contributed by atoms with Crippen LogP contribution in [0.4, 0.5) is 5.69 Å². The Hall–Kier alpha value is -2.14. The zero-order chi connectivity index (χ0) is 13.9. The van der Waals surface area contributed by atoms with E-state index in [1.165, 1.54) is 25.0 Å². The standard InChI is InChI=1S/C15H16N2O3/c18-17(19)12-6-4-11(5-7-12)14-8-9-15(20-14)13-3-1-2-10-16-13/h4-9,13,16H,1-3,10H2/t13-/m1/s1. The molecule has 1 atom stereocenters. The van der Waals surface area contributed by atoms with Crippen molar-refractivity contribution < 1.29 is 9.34 Å². The van der Waals surface area contributed by atoms with Crippen LogP contribution in [0.15, 0.2) is 40.8 Å². The molecule has 0 aliphatic carbocycles. The van der Waals surface area contributed by atoms with Crippen LogP contribution < -0.4 is 5.32 Å². The van der Waals surface area contributed by atoms with Crippen molar-refractivity contribution in [3.8, 4) is 11.3 Å². The molecule has 1 saturated heterocycles. The molecule has 20 heavy (non-hydrogen) atoms. The molecule has 104 valence electrons. The second kappa shape index (κ2) is 5.46. The minimum absolute atomic E-state index is 0.0921. The SMILES string of the molecule is O=[N+]([O-])c1ccc(-c2ccc([C@H]3CCCCN3)o2)cc1. The maximum atomic E-state index is 10.6. The second-order valence-corrected chi connectivity index (χ2v) is 5.01. The molecule has 0 unspecified atom stereocenters. The predicted molar refractivity (Wildman–Crippen MR) is 75.4 cm³/mol. The van der Waals surface area contributed by atoms with Gasteiger partial charge in [0.25, 0.3) is 5.69 Å². The van der Waals surface area contributed by atoms with Crippen molar-refractivity contribution in [2.24, 2.45) is 0 Å². The highest BCUT2D eigenvalue weighted by atomic mass is 16.6. The van der Waals surface area contributed by atoms with E-state index in [-0.39, 0.29) is 11.7 Å². The van der Waals surface area contributed by atoms with E-state index >= 15 is 0 Å². The molecule has 5 nitrogen and oxygen atoms in total. The molecule has 0 spiro atoms. The lowest BCUT2D eigenvalue weighted by Gasteiger charge is -2.21. The lowest BCUT2D eigenvalue weighted by atomic mass is 10.0. The number of piperidine rings is 1. The number of nitro benzene ring substituents is 1. The van der Waals surface area contributed by atoms with E-state index in [2.05, 4.69) is 5.32 Å². The summed E-state index contributed by atoms with van der Waals surface area (Å²) in [4.78, 5) is 10.2. The van der Waals surface area contributed by atoms with Gasteiger partial charge >= 0.3 is 0 Å². The van der Waals surface area contributed by atoms with Gasteiger partial charge in [-0.1, -0.05) is 6.42 Å². The third kappa shape index (κ3) is 2.58. The van der Waals surface area contributed by atoms with Crippen LogP contribution in [0.25, 0.3) is 11.3 Å². The van der Waals surface area contributed by atoms with Crippen LogP contribution in [0.5, 0.6) is 0 Å². The van der Waals surface area contributed by atoms with Gasteiger partial charge in [0, 0.05) is 17.7 Å². The molecule has 1 aromatic carbocycles. The van der Waals surface area contributed by atoms with Gasteiger partial charge in [-0.05, 0) is 43.7 Å². The topological polar surface area (TPSA) is 68.3 Å². The number of nitrogens with zero attached hydrogens (tertiary/aromatic N) is 1. The lowest BCUT2D eigenvalue weighted by molar-refractivity contribution is -0.384. The number of furan rings is 1. The van der Waals surface area contributed by atoms with Crippen LogP contribution in [-0.4, -0.2) is 11.5 Å². The van der Waals surface area contributed by atoms with Crippen molar-refractivity contribution in [2.75, 3.05) is 6.54 Å². The number of nitrogens with one attached hydrogen (secondary N) is 1. The molecule has 0 radical (unpaired) electrons. The summed E-state index contributed by atoms with van der Waals surface area (Å²) in [5.74, 6) is 1.69. The van der Waals surface area contributed by atoms with Crippen LogP contribution in [0.3, 0.4) is 0 Å². The van der Waals surface area contributed by atoms with Crippen molar-refractivity contribution >= 4 is 5.69 Å². The van der Waals surface area contributed by atoms with Gasteiger partial charge < -0.3 is 9.73 Å². The van der Waals surface area contributed by atoms with Crippen LogP contribution in [0.2, 0.25) is 0 Å². The fourth-order valence-corrected chi connectivity index (χ4v) is 2.54. The fraction of sp³-hybridized carbons (Fsp3) is 0.333. The van der Waals surface area contributed by atoms with Crippen molar-refractivity contribution in [2.45, 2.75) is 25.3 Å². The number of hydrogen-bond acceptors (Lipinski definition) is 4. The number of nitro groups is 1. The van der Waals surface area contributed by atoms with Gasteiger partial charge in [0.15, 0.2) is 0 Å². The molecule has 1 N–H and O–H groups in total. The van der Waals surface area contributed by atoms with Crippen molar-refractivity contribution in [1.82, 2.24) is 5.32 Å². The van der Waals surface area contributed by atoms with E-state index in [1.807, 2.05) is 12.1 Å². The molecule has 3 rings (SSSR count). The minimum atomic E-state index is -0.400. The minimum Gasteiger partial charge on any atom is -0.459 e. The zero-order valence-corrected chi connectivity index (χ0v) is 11.0. The van der Waals surface area contributed by atoms with E-state index in [1.54, 1.807) is 12.1 Å². The van der Waals surface area contributed by atoms with Crippen LogP contribution in [-0.2, 0) is 0 Å². The third-order valence-electron chi connectivity index (χ3n) is 3.64. The van der Waals surface area contributed by atoms with Gasteiger partial charge in [0.1, 0.15) is 11.5 Å². The molecule has 0 amide bonds. The van der Waals surface area contributed by atoms with Crippen LogP contribution in [0, 0.1) is 10.1 Å². The molecular weight excluding hydrogens is 256 g/mol. The Morgan fingerprint density at radius 2 is 1.95 bits per heavy atom. The summed E-state index contributed by atoms with van der Waals surface area (Å²) in [6.07, 6.45) is 3.52. The lowest BCUT2D eigenvalue weighted by Crippen LogP contribution is -2.26. The molecule has 5 heteroatoms. The average molecular weight is 272 g/mol. The van der Waals surface area contributed by atoms with Gasteiger partial charge in [-0.2, -0.15) is 0 Å². The molecule has 2 aromatic rings. The number of non-ortho nitro benzene ring substituents is 1. The summed E-state index contributed by atoms with van der Waals surface area (Å²) < 4.78 is 5.88. The molecule has 0 saturated carbocycles. The first-order chi connectivity index (χ1) is 9.74. The van der Waals surface area contributed by atoms with Gasteiger partial charge in [0.05, 0.1) is 11.0 Å². The van der Waals surface area contributed by atoms with Crippen LogP contribution >= 0.6 is 0 Å². The third-order valence-corrected chi connectivity index (χ3v) is 3.64. The van der Waals surface area contributed by atoms with Gasteiger partial charge in [-0.25, -0.2) is 0 Å². The van der Waals surface area contributed by atoms with Crippen molar-refractivity contribution in [1.29, 1.82) is 0 Å². The Balaban J connectivity index is 1.80. The molecule has 1 aromatic heterocycles. The molecule has 2 heterocycles. The second-order valence-electron chi connectivity index (χ2n) is 5.01. The number of benzene rings is 1. The van der Waals surface area contributed by atoms with E-state index in [0.29, 0.717) is 0 Å². The highest BCUT2D eigenvalue weighted by Crippen LogP contribution is 2.29. The van der Waals surface area contributed by atoms with E-state index < -0.39 is 4.92 Å². The van der Waals surface area contributed by atoms with Gasteiger partial charge in [-0.3, -0.25) is 10.1 Å². The maximum Gasteiger partial charge on any atom is 0.269 e. The Morgan fingerprint density at radius 1 is 1.15 bits per heavy atom. The van der Waals surface area contributed by atoms with Gasteiger partial charge in [0.2, 0.25) is 0 Å². The largest absolute Gasteiger partial charge is 0.459 e. The highest BCUT2D eigenvalue weighted by Gasteiger charge is 2.18. The number of hydrogen-bond donors (Lipinski definition) is 1. The summed E-state index contributed by atoms with van der Waals surface area (Å²) in [5.41, 5.74) is 0.951. The zero-order valence-electron chi connectivity index (χ0n) is 11.0. The maximum absolute atomic E-state index is 10.6. The Kier molecular flexibility index (Phi) is 3.52. The first kappa shape index (κ1) is 12.9. The van der Waals surface area contributed by atoms with Crippen molar-refractivity contribution in [3.05, 3.63) is 52.3 Å². The first-order valence-corrected chi connectivity index (χ1v) is 6.82. The Bertz CT molecular complexity index is 598. The van der Waals surface area contributed by atoms with Gasteiger partial charge in [-0.15, -0.1) is 0 Å².